The number of rotatable bonds is 10. The second-order valence-electron chi connectivity index (χ2n) is 7.38. The Morgan fingerprint density at radius 1 is 1.21 bits per heavy atom. The van der Waals surface area contributed by atoms with Crippen molar-refractivity contribution in [3.63, 3.8) is 0 Å². The number of likely N-dealkylation sites (tertiary alicyclic amines) is 1. The second kappa shape index (κ2) is 14.0. The van der Waals surface area contributed by atoms with E-state index in [1.54, 1.807) is 14.2 Å². The Morgan fingerprint density at radius 3 is 2.61 bits per heavy atom. The molecule has 1 aromatic rings. The topological polar surface area (TPSA) is 58.1 Å². The van der Waals surface area contributed by atoms with Crippen LogP contribution in [0.3, 0.4) is 0 Å². The molecule has 0 aromatic heterocycles. The molecule has 28 heavy (non-hydrogen) atoms. The number of guanidine groups is 1. The zero-order valence-corrected chi connectivity index (χ0v) is 20.1. The largest absolute Gasteiger partial charge is 0.497 e. The maximum Gasteiger partial charge on any atom is 0.191 e. The molecule has 1 saturated heterocycles. The number of hydrogen-bond donors (Lipinski definition) is 2. The van der Waals surface area contributed by atoms with E-state index in [-0.39, 0.29) is 24.0 Å². The van der Waals surface area contributed by atoms with Gasteiger partial charge in [-0.1, -0.05) is 26.0 Å². The molecule has 1 aliphatic rings. The van der Waals surface area contributed by atoms with Crippen molar-refractivity contribution in [2.75, 3.05) is 53.6 Å². The van der Waals surface area contributed by atoms with Gasteiger partial charge in [0.05, 0.1) is 19.8 Å². The van der Waals surface area contributed by atoms with Gasteiger partial charge in [-0.15, -0.1) is 24.0 Å². The van der Waals surface area contributed by atoms with Crippen LogP contribution in [0, 0.1) is 5.92 Å². The first kappa shape index (κ1) is 25.0. The molecule has 1 aromatic carbocycles. The van der Waals surface area contributed by atoms with E-state index in [1.807, 2.05) is 6.07 Å². The minimum absolute atomic E-state index is 0. The molecule has 0 saturated carbocycles. The molecule has 1 heterocycles. The maximum absolute atomic E-state index is 5.62. The molecular formula is C21H37IN4O2. The minimum atomic E-state index is 0. The van der Waals surface area contributed by atoms with Gasteiger partial charge in [0.1, 0.15) is 5.75 Å². The first-order valence-electron chi connectivity index (χ1n) is 10.0. The third-order valence-electron chi connectivity index (χ3n) is 4.74. The molecule has 7 heteroatoms. The third kappa shape index (κ3) is 8.53. The number of benzene rings is 1. The number of ether oxygens (including phenoxy) is 2. The fourth-order valence-corrected chi connectivity index (χ4v) is 3.33. The van der Waals surface area contributed by atoms with Crippen molar-refractivity contribution in [3.8, 4) is 5.75 Å². The van der Waals surface area contributed by atoms with Gasteiger partial charge in [0.25, 0.3) is 0 Å². The monoisotopic (exact) mass is 504 g/mol. The van der Waals surface area contributed by atoms with Gasteiger partial charge in [-0.3, -0.25) is 9.89 Å². The smallest absolute Gasteiger partial charge is 0.191 e. The van der Waals surface area contributed by atoms with Crippen molar-refractivity contribution < 1.29 is 9.47 Å². The van der Waals surface area contributed by atoms with Crippen molar-refractivity contribution in [2.24, 2.45) is 10.9 Å². The molecule has 0 amide bonds. The van der Waals surface area contributed by atoms with Crippen LogP contribution in [0.25, 0.3) is 0 Å². The van der Waals surface area contributed by atoms with Gasteiger partial charge in [0, 0.05) is 26.7 Å². The fourth-order valence-electron chi connectivity index (χ4n) is 3.33. The fraction of sp³-hybridized carbons (Fsp3) is 0.667. The molecule has 1 atom stereocenters. The van der Waals surface area contributed by atoms with E-state index in [4.69, 9.17) is 9.47 Å². The normalized spacial score (nSPS) is 16.0. The van der Waals surface area contributed by atoms with Crippen LogP contribution in [-0.2, 0) is 4.74 Å². The summed E-state index contributed by atoms with van der Waals surface area (Å²) >= 11 is 0. The van der Waals surface area contributed by atoms with Gasteiger partial charge in [-0.05, 0) is 49.5 Å². The van der Waals surface area contributed by atoms with Gasteiger partial charge >= 0.3 is 0 Å². The van der Waals surface area contributed by atoms with E-state index in [0.29, 0.717) is 18.6 Å². The van der Waals surface area contributed by atoms with Crippen LogP contribution in [0.5, 0.6) is 5.75 Å². The molecule has 6 nitrogen and oxygen atoms in total. The number of nitrogens with zero attached hydrogens (tertiary/aromatic N) is 2. The van der Waals surface area contributed by atoms with Crippen molar-refractivity contribution in [1.29, 1.82) is 0 Å². The molecule has 0 radical (unpaired) electrons. The van der Waals surface area contributed by atoms with Gasteiger partial charge in [0.15, 0.2) is 5.96 Å². The summed E-state index contributed by atoms with van der Waals surface area (Å²) in [7, 11) is 3.52. The number of aliphatic imine (C=N–C) groups is 1. The molecule has 1 aliphatic heterocycles. The summed E-state index contributed by atoms with van der Waals surface area (Å²) in [6, 6.07) is 8.69. The Hall–Kier alpha value is -1.06. The predicted octanol–water partition coefficient (Wildman–Crippen LogP) is 3.29. The highest BCUT2D eigenvalue weighted by molar-refractivity contribution is 14.0. The van der Waals surface area contributed by atoms with E-state index in [2.05, 4.69) is 52.6 Å². The van der Waals surface area contributed by atoms with Gasteiger partial charge in [-0.25, -0.2) is 0 Å². The van der Waals surface area contributed by atoms with Crippen LogP contribution in [0.4, 0.5) is 0 Å². The van der Waals surface area contributed by atoms with E-state index < -0.39 is 0 Å². The standard InChI is InChI=1S/C21H36N4O2.HI/c1-17(2)16-27-13-10-23-21(22-3)24-15-20(25-11-5-6-12-25)18-8-7-9-19(14-18)26-4;/h7-9,14,17,20H,5-6,10-13,15-16H2,1-4H3,(H2,22,23,24);1H. The Kier molecular flexibility index (Phi) is 12.5. The maximum atomic E-state index is 5.62. The van der Waals surface area contributed by atoms with Crippen molar-refractivity contribution in [2.45, 2.75) is 32.7 Å². The van der Waals surface area contributed by atoms with Crippen molar-refractivity contribution in [1.82, 2.24) is 15.5 Å². The van der Waals surface area contributed by atoms with Crippen LogP contribution in [0.2, 0.25) is 0 Å². The highest BCUT2D eigenvalue weighted by atomic mass is 127. The van der Waals surface area contributed by atoms with Crippen molar-refractivity contribution in [3.05, 3.63) is 29.8 Å². The summed E-state index contributed by atoms with van der Waals surface area (Å²) in [5, 5.41) is 6.82. The van der Waals surface area contributed by atoms with E-state index in [9.17, 15) is 0 Å². The average molecular weight is 504 g/mol. The summed E-state index contributed by atoms with van der Waals surface area (Å²) in [5.74, 6) is 2.28. The first-order chi connectivity index (χ1) is 13.1. The number of methoxy groups -OCH3 is 1. The van der Waals surface area contributed by atoms with Crippen LogP contribution < -0.4 is 15.4 Å². The Bertz CT molecular complexity index is 577. The minimum Gasteiger partial charge on any atom is -0.497 e. The van der Waals surface area contributed by atoms with Gasteiger partial charge < -0.3 is 20.1 Å². The first-order valence-corrected chi connectivity index (χ1v) is 10.0. The number of halogens is 1. The summed E-state index contributed by atoms with van der Waals surface area (Å²) in [5.41, 5.74) is 1.28. The molecule has 0 bridgehead atoms. The zero-order chi connectivity index (χ0) is 19.5. The summed E-state index contributed by atoms with van der Waals surface area (Å²) in [6.45, 7) is 9.62. The second-order valence-corrected chi connectivity index (χ2v) is 7.38. The highest BCUT2D eigenvalue weighted by Gasteiger charge is 2.24. The quantitative estimate of drug-likeness (QED) is 0.222. The summed E-state index contributed by atoms with van der Waals surface area (Å²) in [4.78, 5) is 6.88. The van der Waals surface area contributed by atoms with Crippen LogP contribution in [-0.4, -0.2) is 64.4 Å². The molecule has 1 unspecified atom stereocenters. The molecular weight excluding hydrogens is 467 g/mol. The highest BCUT2D eigenvalue weighted by Crippen LogP contribution is 2.27. The molecule has 2 N–H and O–H groups in total. The number of nitrogens with one attached hydrogen (secondary N) is 2. The lowest BCUT2D eigenvalue weighted by Gasteiger charge is -2.29. The summed E-state index contributed by atoms with van der Waals surface area (Å²) in [6.07, 6.45) is 2.53. The molecule has 2 rings (SSSR count). The molecule has 160 valence electrons. The third-order valence-corrected chi connectivity index (χ3v) is 4.74. The van der Waals surface area contributed by atoms with E-state index in [1.165, 1.54) is 18.4 Å². The lowest BCUT2D eigenvalue weighted by atomic mass is 10.1. The predicted molar refractivity (Wildman–Crippen MR) is 127 cm³/mol. The lowest BCUT2D eigenvalue weighted by Crippen LogP contribution is -2.43. The molecule has 0 spiro atoms. The Labute approximate surface area is 187 Å². The average Bonchev–Trinajstić information content (AvgIpc) is 3.20. The van der Waals surface area contributed by atoms with Crippen molar-refractivity contribution >= 4 is 29.9 Å². The van der Waals surface area contributed by atoms with E-state index >= 15 is 0 Å². The van der Waals surface area contributed by atoms with Gasteiger partial charge in [0.2, 0.25) is 0 Å². The zero-order valence-electron chi connectivity index (χ0n) is 17.7. The SMILES string of the molecule is CN=C(NCCOCC(C)C)NCC(c1cccc(OC)c1)N1CCCC1.I. The Morgan fingerprint density at radius 2 is 1.96 bits per heavy atom. The summed E-state index contributed by atoms with van der Waals surface area (Å²) < 4.78 is 11.0. The van der Waals surface area contributed by atoms with E-state index in [0.717, 1.165) is 44.5 Å². The number of hydrogen-bond acceptors (Lipinski definition) is 4. The molecule has 1 fully saturated rings. The van der Waals surface area contributed by atoms with Crippen LogP contribution in [0.15, 0.2) is 29.3 Å². The van der Waals surface area contributed by atoms with Crippen LogP contribution >= 0.6 is 24.0 Å². The Balaban J connectivity index is 0.00000392. The lowest BCUT2D eigenvalue weighted by molar-refractivity contribution is 0.114. The molecule has 0 aliphatic carbocycles. The van der Waals surface area contributed by atoms with Crippen LogP contribution in [0.1, 0.15) is 38.3 Å². The van der Waals surface area contributed by atoms with Gasteiger partial charge in [-0.2, -0.15) is 0 Å².